The van der Waals surface area contributed by atoms with Gasteiger partial charge in [-0.2, -0.15) is 0 Å². The van der Waals surface area contributed by atoms with Crippen LogP contribution in [0.4, 0.5) is 11.4 Å². The van der Waals surface area contributed by atoms with E-state index in [0.717, 1.165) is 17.8 Å². The summed E-state index contributed by atoms with van der Waals surface area (Å²) in [5.41, 5.74) is 13.7. The van der Waals surface area contributed by atoms with Gasteiger partial charge in [0.05, 0.1) is 10.8 Å². The molecule has 9 rings (SSSR count). The SMILES string of the molecule is C1=CCC2C(=C1)c1cccc3c1C2(c1ccccc1)c1ccccc1C3(c1ccccc1)c1cccc(Nc2ccccc2)c1. The minimum atomic E-state index is -0.517. The van der Waals surface area contributed by atoms with Crippen molar-refractivity contribution in [1.82, 2.24) is 0 Å². The Labute approximate surface area is 265 Å². The van der Waals surface area contributed by atoms with Gasteiger partial charge in [-0.05, 0) is 80.8 Å². The molecule has 0 spiro atoms. The first kappa shape index (κ1) is 26.0. The molecule has 45 heavy (non-hydrogen) atoms. The Balaban J connectivity index is 1.42. The van der Waals surface area contributed by atoms with Crippen LogP contribution in [0, 0.1) is 5.92 Å². The summed E-state index contributed by atoms with van der Waals surface area (Å²) in [6.07, 6.45) is 8.02. The normalized spacial score (nSPS) is 22.1. The monoisotopic (exact) mass is 575 g/mol. The fraction of sp³-hybridized carbons (Fsp3) is 0.0909. The summed E-state index contributed by atoms with van der Waals surface area (Å²) >= 11 is 0. The second-order valence-electron chi connectivity index (χ2n) is 12.5. The smallest absolute Gasteiger partial charge is 0.0708 e. The number of benzene rings is 6. The van der Waals surface area contributed by atoms with Gasteiger partial charge in [0.15, 0.2) is 0 Å². The maximum atomic E-state index is 3.69. The van der Waals surface area contributed by atoms with Crippen molar-refractivity contribution in [3.8, 4) is 0 Å². The molecule has 0 fully saturated rings. The molecule has 0 heterocycles. The van der Waals surface area contributed by atoms with Crippen molar-refractivity contribution in [2.24, 2.45) is 5.92 Å². The Morgan fingerprint density at radius 3 is 1.89 bits per heavy atom. The fourth-order valence-corrected chi connectivity index (χ4v) is 8.84. The van der Waals surface area contributed by atoms with E-state index in [1.807, 2.05) is 0 Å². The lowest BCUT2D eigenvalue weighted by Crippen LogP contribution is -2.46. The highest BCUT2D eigenvalue weighted by atomic mass is 14.9. The van der Waals surface area contributed by atoms with Crippen LogP contribution in [-0.2, 0) is 10.8 Å². The molecular weight excluding hydrogens is 542 g/mol. The van der Waals surface area contributed by atoms with Crippen molar-refractivity contribution in [2.75, 3.05) is 5.32 Å². The first-order valence-electron chi connectivity index (χ1n) is 16.0. The predicted octanol–water partition coefficient (Wildman–Crippen LogP) is 10.4. The zero-order valence-electron chi connectivity index (χ0n) is 25.0. The van der Waals surface area contributed by atoms with E-state index >= 15 is 0 Å². The van der Waals surface area contributed by atoms with Gasteiger partial charge in [-0.3, -0.25) is 0 Å². The van der Waals surface area contributed by atoms with Gasteiger partial charge in [0.25, 0.3) is 0 Å². The number of rotatable bonds is 5. The molecule has 1 N–H and O–H groups in total. The number of allylic oxidation sites excluding steroid dienone is 4. The lowest BCUT2D eigenvalue weighted by molar-refractivity contribution is 0.454. The Kier molecular flexibility index (Phi) is 5.83. The van der Waals surface area contributed by atoms with Crippen LogP contribution in [0.5, 0.6) is 0 Å². The lowest BCUT2D eigenvalue weighted by atomic mass is 9.50. The van der Waals surface area contributed by atoms with Gasteiger partial charge in [-0.15, -0.1) is 0 Å². The number of nitrogens with one attached hydrogen (secondary N) is 1. The van der Waals surface area contributed by atoms with Crippen LogP contribution >= 0.6 is 0 Å². The van der Waals surface area contributed by atoms with Crippen LogP contribution in [0.1, 0.15) is 50.9 Å². The largest absolute Gasteiger partial charge is 0.356 e. The molecule has 6 aromatic rings. The van der Waals surface area contributed by atoms with Crippen LogP contribution in [-0.4, -0.2) is 0 Å². The summed E-state index contributed by atoms with van der Waals surface area (Å²) in [5.74, 6) is 0.321. The zero-order valence-corrected chi connectivity index (χ0v) is 25.0. The quantitative estimate of drug-likeness (QED) is 0.216. The van der Waals surface area contributed by atoms with E-state index in [0.29, 0.717) is 5.92 Å². The van der Waals surface area contributed by atoms with Gasteiger partial charge in [-0.25, -0.2) is 0 Å². The molecule has 0 aliphatic heterocycles. The number of fused-ring (bicyclic) bond motifs is 5. The van der Waals surface area contributed by atoms with Crippen molar-refractivity contribution in [3.63, 3.8) is 0 Å². The van der Waals surface area contributed by atoms with Crippen molar-refractivity contribution in [3.05, 3.63) is 220 Å². The Hall–Kier alpha value is -5.40. The first-order valence-corrected chi connectivity index (χ1v) is 16.0. The van der Waals surface area contributed by atoms with Crippen molar-refractivity contribution >= 4 is 16.9 Å². The van der Waals surface area contributed by atoms with Gasteiger partial charge in [0, 0.05) is 17.3 Å². The average molecular weight is 576 g/mol. The molecule has 6 aromatic carbocycles. The zero-order chi connectivity index (χ0) is 29.8. The topological polar surface area (TPSA) is 12.0 Å². The Morgan fingerprint density at radius 1 is 0.511 bits per heavy atom. The van der Waals surface area contributed by atoms with Gasteiger partial charge in [0.1, 0.15) is 0 Å². The molecule has 0 radical (unpaired) electrons. The van der Waals surface area contributed by atoms with Gasteiger partial charge < -0.3 is 5.32 Å². The average Bonchev–Trinajstić information content (AvgIpc) is 3.42. The molecule has 3 unspecified atom stereocenters. The Morgan fingerprint density at radius 2 is 1.11 bits per heavy atom. The molecule has 3 aliphatic carbocycles. The highest BCUT2D eigenvalue weighted by Gasteiger charge is 2.60. The van der Waals surface area contributed by atoms with Gasteiger partial charge >= 0.3 is 0 Å². The third-order valence-corrected chi connectivity index (χ3v) is 10.4. The molecule has 1 nitrogen and oxygen atoms in total. The summed E-state index contributed by atoms with van der Waals surface area (Å²) in [5, 5.41) is 3.69. The van der Waals surface area contributed by atoms with Crippen molar-refractivity contribution in [2.45, 2.75) is 17.3 Å². The molecule has 1 heteroatoms. The van der Waals surface area contributed by atoms with Crippen LogP contribution in [0.2, 0.25) is 0 Å². The molecule has 3 atom stereocenters. The number of anilines is 2. The molecule has 214 valence electrons. The minimum absolute atomic E-state index is 0.293. The lowest BCUT2D eigenvalue weighted by Gasteiger charge is -2.51. The summed E-state index contributed by atoms with van der Waals surface area (Å²) in [4.78, 5) is 0. The highest BCUT2D eigenvalue weighted by molar-refractivity contribution is 5.89. The van der Waals surface area contributed by atoms with E-state index in [4.69, 9.17) is 0 Å². The maximum Gasteiger partial charge on any atom is 0.0708 e. The maximum absolute atomic E-state index is 3.69. The van der Waals surface area contributed by atoms with E-state index in [1.165, 1.54) is 50.1 Å². The second kappa shape index (κ2) is 10.1. The molecule has 0 saturated carbocycles. The highest BCUT2D eigenvalue weighted by Crippen LogP contribution is 2.67. The molecule has 0 saturated heterocycles. The predicted molar refractivity (Wildman–Crippen MR) is 186 cm³/mol. The molecular formula is C44H33N. The van der Waals surface area contributed by atoms with Crippen LogP contribution in [0.3, 0.4) is 0 Å². The Bertz CT molecular complexity index is 2110. The van der Waals surface area contributed by atoms with E-state index in [9.17, 15) is 0 Å². The van der Waals surface area contributed by atoms with Crippen LogP contribution < -0.4 is 5.32 Å². The van der Waals surface area contributed by atoms with Crippen molar-refractivity contribution in [1.29, 1.82) is 0 Å². The minimum Gasteiger partial charge on any atom is -0.356 e. The third-order valence-electron chi connectivity index (χ3n) is 10.4. The molecule has 0 amide bonds. The summed E-state index contributed by atoms with van der Waals surface area (Å²) < 4.78 is 0. The number of para-hydroxylation sites is 1. The van der Waals surface area contributed by atoms with Crippen LogP contribution in [0.25, 0.3) is 5.57 Å². The molecule has 3 aliphatic rings. The summed E-state index contributed by atoms with van der Waals surface area (Å²) in [6, 6.07) is 58.4. The fourth-order valence-electron chi connectivity index (χ4n) is 8.84. The van der Waals surface area contributed by atoms with Gasteiger partial charge in [-0.1, -0.05) is 152 Å². The number of hydrogen-bond acceptors (Lipinski definition) is 1. The van der Waals surface area contributed by atoms with Crippen molar-refractivity contribution < 1.29 is 0 Å². The molecule has 0 bridgehead atoms. The third kappa shape index (κ3) is 3.56. The van der Waals surface area contributed by atoms with E-state index in [2.05, 4.69) is 181 Å². The van der Waals surface area contributed by atoms with E-state index < -0.39 is 5.41 Å². The standard InChI is InChI=1S/C44H33N/c1-4-16-31(17-5-1)43(33-20-14-23-35(30-33)45-34-21-8-3-9-22-34)39-27-12-13-28-40(39)44(32-18-6-2-7-19-32)38-26-11-10-24-36(38)37-25-15-29-41(43)42(37)44/h1-25,27-30,38,45H,26H2. The number of hydrogen-bond donors (Lipinski definition) is 1. The first-order chi connectivity index (χ1) is 22.3. The second-order valence-corrected chi connectivity index (χ2v) is 12.5. The summed E-state index contributed by atoms with van der Waals surface area (Å²) in [6.45, 7) is 0. The molecule has 0 aromatic heterocycles. The van der Waals surface area contributed by atoms with E-state index in [1.54, 1.807) is 0 Å². The van der Waals surface area contributed by atoms with E-state index in [-0.39, 0.29) is 5.41 Å². The van der Waals surface area contributed by atoms with Gasteiger partial charge in [0.2, 0.25) is 0 Å². The summed E-state index contributed by atoms with van der Waals surface area (Å²) in [7, 11) is 0. The van der Waals surface area contributed by atoms with Crippen LogP contribution in [0.15, 0.2) is 176 Å².